The van der Waals surface area contributed by atoms with Crippen molar-refractivity contribution in [2.45, 2.75) is 17.5 Å². The van der Waals surface area contributed by atoms with Gasteiger partial charge in [0.15, 0.2) is 6.10 Å². The van der Waals surface area contributed by atoms with Gasteiger partial charge in [0, 0.05) is 6.54 Å². The second kappa shape index (κ2) is 8.88. The summed E-state index contributed by atoms with van der Waals surface area (Å²) in [5.41, 5.74) is 1.15. The molecule has 3 aromatic carbocycles. The molecule has 4 rings (SSSR count). The first-order valence-corrected chi connectivity index (χ1v) is 11.3. The van der Waals surface area contributed by atoms with Crippen LogP contribution in [0.3, 0.4) is 0 Å². The maximum absolute atomic E-state index is 13.9. The molecule has 1 atom stereocenters. The summed E-state index contributed by atoms with van der Waals surface area (Å²) in [6.07, 6.45) is -1.09. The summed E-state index contributed by atoms with van der Waals surface area (Å²) in [6.45, 7) is -0.00864. The third-order valence-corrected chi connectivity index (χ3v) is 6.83. The highest BCUT2D eigenvalue weighted by Crippen LogP contribution is 2.38. The molecule has 0 saturated carbocycles. The minimum Gasteiger partial charge on any atom is -0.495 e. The van der Waals surface area contributed by atoms with E-state index in [9.17, 15) is 17.6 Å². The summed E-state index contributed by atoms with van der Waals surface area (Å²) < 4.78 is 53.0. The molecule has 1 aliphatic rings. The highest BCUT2D eigenvalue weighted by atomic mass is 32.2. The van der Waals surface area contributed by atoms with Crippen LogP contribution in [0, 0.1) is 5.82 Å². The van der Waals surface area contributed by atoms with Crippen LogP contribution < -0.4 is 19.1 Å². The lowest BCUT2D eigenvalue weighted by molar-refractivity contribution is -0.127. The third-order valence-electron chi connectivity index (χ3n) is 5.03. The normalized spacial score (nSPS) is 15.4. The van der Waals surface area contributed by atoms with Crippen LogP contribution in [0.4, 0.5) is 10.1 Å². The number of benzene rings is 3. The van der Waals surface area contributed by atoms with E-state index in [0.717, 1.165) is 22.0 Å². The zero-order valence-corrected chi connectivity index (χ0v) is 18.0. The minimum atomic E-state index is -4.27. The van der Waals surface area contributed by atoms with Gasteiger partial charge in [-0.15, -0.1) is 0 Å². The van der Waals surface area contributed by atoms with Crippen molar-refractivity contribution in [2.24, 2.45) is 0 Å². The Hall–Kier alpha value is -3.59. The minimum absolute atomic E-state index is 0.000419. The Kier molecular flexibility index (Phi) is 6.00. The van der Waals surface area contributed by atoms with Gasteiger partial charge in [-0.2, -0.15) is 0 Å². The second-order valence-corrected chi connectivity index (χ2v) is 8.94. The van der Waals surface area contributed by atoms with Crippen molar-refractivity contribution in [3.8, 4) is 11.5 Å². The highest BCUT2D eigenvalue weighted by molar-refractivity contribution is 7.93. The van der Waals surface area contributed by atoms with Crippen LogP contribution in [0.2, 0.25) is 0 Å². The molecular weight excluding hydrogens is 435 g/mol. The number of sulfonamides is 1. The number of carbonyl (C=O) groups is 1. The highest BCUT2D eigenvalue weighted by Gasteiger charge is 2.38. The first-order valence-electron chi connectivity index (χ1n) is 9.84. The number of halogens is 1. The SMILES string of the molecule is COc1ccc(F)cc1S(=O)(=O)N1C[C@@H](C(=O)NCc2ccccc2)Oc2ccccc21. The molecule has 0 aromatic heterocycles. The topological polar surface area (TPSA) is 84.9 Å². The number of hydrogen-bond donors (Lipinski definition) is 1. The maximum atomic E-state index is 13.9. The molecule has 0 unspecified atom stereocenters. The number of nitrogens with zero attached hydrogens (tertiary/aromatic N) is 1. The second-order valence-electron chi connectivity index (χ2n) is 7.11. The number of carbonyl (C=O) groups excluding carboxylic acids is 1. The molecule has 0 bridgehead atoms. The average molecular weight is 456 g/mol. The molecule has 0 spiro atoms. The molecule has 0 saturated heterocycles. The van der Waals surface area contributed by atoms with Crippen LogP contribution in [0.5, 0.6) is 11.5 Å². The molecule has 0 radical (unpaired) electrons. The van der Waals surface area contributed by atoms with Crippen molar-refractivity contribution < 1.29 is 27.1 Å². The third kappa shape index (κ3) is 4.24. The van der Waals surface area contributed by atoms with E-state index >= 15 is 0 Å². The van der Waals surface area contributed by atoms with E-state index in [1.54, 1.807) is 24.3 Å². The fraction of sp³-hybridized carbons (Fsp3) is 0.174. The zero-order chi connectivity index (χ0) is 22.7. The van der Waals surface area contributed by atoms with Crippen LogP contribution in [0.15, 0.2) is 77.7 Å². The molecule has 1 N–H and O–H groups in total. The Morgan fingerprint density at radius 2 is 1.84 bits per heavy atom. The summed E-state index contributed by atoms with van der Waals surface area (Å²) in [4.78, 5) is 12.5. The Labute approximate surface area is 185 Å². The van der Waals surface area contributed by atoms with Crippen LogP contribution in [0.25, 0.3) is 0 Å². The van der Waals surface area contributed by atoms with E-state index in [4.69, 9.17) is 9.47 Å². The fourth-order valence-electron chi connectivity index (χ4n) is 3.44. The molecule has 0 fully saturated rings. The molecule has 166 valence electrons. The molecule has 1 aliphatic heterocycles. The monoisotopic (exact) mass is 456 g/mol. The van der Waals surface area contributed by atoms with Crippen LogP contribution in [-0.2, 0) is 21.4 Å². The van der Waals surface area contributed by atoms with Gasteiger partial charge in [0.25, 0.3) is 15.9 Å². The first-order chi connectivity index (χ1) is 15.4. The van der Waals surface area contributed by atoms with Gasteiger partial charge in [0.05, 0.1) is 19.3 Å². The number of anilines is 1. The van der Waals surface area contributed by atoms with E-state index in [1.807, 2.05) is 30.3 Å². The van der Waals surface area contributed by atoms with Gasteiger partial charge in [-0.25, -0.2) is 12.8 Å². The Morgan fingerprint density at radius 1 is 1.12 bits per heavy atom. The maximum Gasteiger partial charge on any atom is 0.268 e. The molecular formula is C23H21FN2O5S. The number of fused-ring (bicyclic) bond motifs is 1. The summed E-state index contributed by atoms with van der Waals surface area (Å²) in [5, 5.41) is 2.77. The number of hydrogen-bond acceptors (Lipinski definition) is 5. The molecule has 1 amide bonds. The van der Waals surface area contributed by atoms with Gasteiger partial charge in [-0.05, 0) is 35.9 Å². The Bertz CT molecular complexity index is 1230. The van der Waals surface area contributed by atoms with Crippen LogP contribution in [-0.4, -0.2) is 34.1 Å². The van der Waals surface area contributed by atoms with Gasteiger partial charge >= 0.3 is 0 Å². The smallest absolute Gasteiger partial charge is 0.268 e. The predicted molar refractivity (Wildman–Crippen MR) is 117 cm³/mol. The lowest BCUT2D eigenvalue weighted by Crippen LogP contribution is -2.50. The number of amides is 1. The average Bonchev–Trinajstić information content (AvgIpc) is 2.82. The van der Waals surface area contributed by atoms with Crippen molar-refractivity contribution >= 4 is 21.6 Å². The molecule has 0 aliphatic carbocycles. The molecule has 32 heavy (non-hydrogen) atoms. The predicted octanol–water partition coefficient (Wildman–Crippen LogP) is 3.11. The van der Waals surface area contributed by atoms with E-state index in [-0.39, 0.29) is 35.2 Å². The van der Waals surface area contributed by atoms with Gasteiger partial charge < -0.3 is 14.8 Å². The lowest BCUT2D eigenvalue weighted by Gasteiger charge is -2.35. The van der Waals surface area contributed by atoms with E-state index < -0.39 is 27.9 Å². The van der Waals surface area contributed by atoms with Gasteiger partial charge in [0.2, 0.25) is 0 Å². The largest absolute Gasteiger partial charge is 0.495 e. The standard InChI is InChI=1S/C23H21FN2O5S/c1-30-20-12-11-17(24)13-22(20)32(28,29)26-15-21(31-19-10-6-5-9-18(19)26)23(27)25-14-16-7-3-2-4-8-16/h2-13,21H,14-15H2,1H3,(H,25,27)/t21-/m0/s1. The van der Waals surface area contributed by atoms with Crippen LogP contribution >= 0.6 is 0 Å². The molecule has 3 aromatic rings. The number of methoxy groups -OCH3 is 1. The number of nitrogens with one attached hydrogen (secondary N) is 1. The summed E-state index contributed by atoms with van der Waals surface area (Å²) in [5.74, 6) is -0.948. The Morgan fingerprint density at radius 3 is 2.59 bits per heavy atom. The van der Waals surface area contributed by atoms with Gasteiger partial charge in [-0.3, -0.25) is 9.10 Å². The number of rotatable bonds is 6. The van der Waals surface area contributed by atoms with Crippen molar-refractivity contribution in [2.75, 3.05) is 18.0 Å². The zero-order valence-electron chi connectivity index (χ0n) is 17.2. The number of para-hydroxylation sites is 2. The van der Waals surface area contributed by atoms with Gasteiger partial charge in [-0.1, -0.05) is 42.5 Å². The lowest BCUT2D eigenvalue weighted by atomic mass is 10.2. The molecule has 9 heteroatoms. The summed E-state index contributed by atoms with van der Waals surface area (Å²) >= 11 is 0. The van der Waals surface area contributed by atoms with E-state index in [0.29, 0.717) is 0 Å². The first kappa shape index (κ1) is 21.6. The molecule has 7 nitrogen and oxygen atoms in total. The Balaban J connectivity index is 1.66. The van der Waals surface area contributed by atoms with E-state index in [2.05, 4.69) is 5.32 Å². The van der Waals surface area contributed by atoms with Crippen molar-refractivity contribution in [3.63, 3.8) is 0 Å². The van der Waals surface area contributed by atoms with Crippen molar-refractivity contribution in [3.05, 3.63) is 84.2 Å². The fourth-order valence-corrected chi connectivity index (χ4v) is 5.08. The van der Waals surface area contributed by atoms with Gasteiger partial charge in [0.1, 0.15) is 22.2 Å². The van der Waals surface area contributed by atoms with Crippen molar-refractivity contribution in [1.29, 1.82) is 0 Å². The summed E-state index contributed by atoms with van der Waals surface area (Å²) in [6, 6.07) is 19.1. The van der Waals surface area contributed by atoms with E-state index in [1.165, 1.54) is 13.2 Å². The van der Waals surface area contributed by atoms with Crippen molar-refractivity contribution in [1.82, 2.24) is 5.32 Å². The van der Waals surface area contributed by atoms with Crippen LogP contribution in [0.1, 0.15) is 5.56 Å². The number of ether oxygens (including phenoxy) is 2. The summed E-state index contributed by atoms with van der Waals surface area (Å²) in [7, 11) is -2.96. The quantitative estimate of drug-likeness (QED) is 0.616. The molecule has 1 heterocycles.